The number of carbonyl (C=O) groups is 6. The van der Waals surface area contributed by atoms with Crippen LogP contribution in [0.4, 0.5) is 0 Å². The highest BCUT2D eigenvalue weighted by atomic mass is 35.5. The molecule has 6 aliphatic heterocycles. The van der Waals surface area contributed by atoms with Gasteiger partial charge in [-0.05, 0) is 123 Å². The van der Waals surface area contributed by atoms with Gasteiger partial charge in [-0.15, -0.1) is 0 Å². The fourth-order valence-corrected chi connectivity index (χ4v) is 22.4. The predicted octanol–water partition coefficient (Wildman–Crippen LogP) is 17.8. The lowest BCUT2D eigenvalue weighted by Gasteiger charge is -2.27. The maximum Gasteiger partial charge on any atom is 0.219 e. The number of nitrogens with one attached hydrogen (secondary N) is 5. The molecule has 5 N–H and O–H groups in total. The molecule has 0 spiro atoms. The largest absolute Gasteiger partial charge is 0.497 e. The molecule has 146 heavy (non-hydrogen) atoms. The zero-order chi connectivity index (χ0) is 101. The third-order valence-electron chi connectivity index (χ3n) is 30.6. The molecule has 6 aromatic carbocycles. The molecule has 12 aromatic heterocycles. The molecule has 0 radical (unpaired) electrons. The first kappa shape index (κ1) is 96.5. The first-order chi connectivity index (χ1) is 70.5. The van der Waals surface area contributed by atoms with E-state index in [0.29, 0.717) is 44.3 Å². The van der Waals surface area contributed by atoms with Gasteiger partial charge in [-0.1, -0.05) is 72.3 Å². The van der Waals surface area contributed by atoms with E-state index in [0.717, 1.165) is 231 Å². The zero-order valence-electron chi connectivity index (χ0n) is 85.4. The summed E-state index contributed by atoms with van der Waals surface area (Å²) >= 11 is 6.26. The molecule has 18 aromatic rings. The molecular weight excluding hydrogens is 1850 g/mol. The topological polar surface area (TPSA) is 335 Å². The van der Waals surface area contributed by atoms with Gasteiger partial charge in [0.25, 0.3) is 0 Å². The maximum absolute atomic E-state index is 12.0. The summed E-state index contributed by atoms with van der Waals surface area (Å²) in [6.07, 6.45) is 24.1. The van der Waals surface area contributed by atoms with E-state index in [-0.39, 0.29) is 35.4 Å². The number of methoxy groups -OCH3 is 1. The van der Waals surface area contributed by atoms with E-state index in [9.17, 15) is 28.8 Å². The fourth-order valence-electron chi connectivity index (χ4n) is 22.2. The van der Waals surface area contributed by atoms with Gasteiger partial charge in [-0.3, -0.25) is 61.5 Å². The Morgan fingerprint density at radius 2 is 0.692 bits per heavy atom. The monoisotopic (exact) mass is 1980 g/mol. The molecule has 0 unspecified atom stereocenters. The van der Waals surface area contributed by atoms with Gasteiger partial charge in [0.15, 0.2) is 0 Å². The smallest absolute Gasteiger partial charge is 0.219 e. The predicted molar refractivity (Wildman–Crippen MR) is 567 cm³/mol. The van der Waals surface area contributed by atoms with Gasteiger partial charge in [-0.2, -0.15) is 35.7 Å². The van der Waals surface area contributed by atoms with E-state index >= 15 is 0 Å². The minimum absolute atomic E-state index is 0.105. The second kappa shape index (κ2) is 39.8. The summed E-state index contributed by atoms with van der Waals surface area (Å²) in [5.41, 5.74) is 37.2. The molecule has 8 aliphatic rings. The van der Waals surface area contributed by atoms with Crippen LogP contribution in [0.15, 0.2) is 165 Å². The number of carbonyl (C=O) groups excluding carboxylic acids is 6. The molecule has 32 nitrogen and oxygen atoms in total. The number of ether oxygens (including phenoxy) is 1. The number of nitrogens with zero attached hydrogens (tertiary/aromatic N) is 20. The van der Waals surface area contributed by atoms with E-state index in [1.807, 2.05) is 163 Å². The number of hydrogen-bond acceptors (Lipinski definition) is 14. The van der Waals surface area contributed by atoms with E-state index in [4.69, 9.17) is 46.9 Å². The van der Waals surface area contributed by atoms with Crippen LogP contribution in [0.2, 0.25) is 5.02 Å². The van der Waals surface area contributed by atoms with E-state index in [1.165, 1.54) is 115 Å². The summed E-state index contributed by atoms with van der Waals surface area (Å²) in [4.78, 5) is 98.8. The van der Waals surface area contributed by atoms with Crippen LogP contribution >= 0.6 is 11.6 Å². The number of aryl methyl sites for hydroxylation is 7. The number of aromatic amines is 5. The molecule has 6 amide bonds. The summed E-state index contributed by atoms with van der Waals surface area (Å²) in [7, 11) is 11.5. The van der Waals surface area contributed by atoms with Crippen molar-refractivity contribution < 1.29 is 33.5 Å². The van der Waals surface area contributed by atoms with Crippen molar-refractivity contribution >= 4 is 102 Å². The molecule has 0 saturated heterocycles. The number of benzene rings is 6. The normalized spacial score (nSPS) is 15.1. The summed E-state index contributed by atoms with van der Waals surface area (Å²) in [6, 6.07) is 41.6. The Labute approximate surface area is 851 Å². The minimum Gasteiger partial charge on any atom is -0.497 e. The third kappa shape index (κ3) is 18.9. The van der Waals surface area contributed by atoms with Crippen molar-refractivity contribution in [3.05, 3.63) is 248 Å². The quantitative estimate of drug-likeness (QED) is 0.0759. The Morgan fingerprint density at radius 1 is 0.349 bits per heavy atom. The maximum atomic E-state index is 12.0. The Bertz CT molecular complexity index is 7980. The molecule has 0 atom stereocenters. The van der Waals surface area contributed by atoms with Gasteiger partial charge in [-0.25, -0.2) is 0 Å². The average Bonchev–Trinajstić information content (AvgIpc) is 1.61. The van der Waals surface area contributed by atoms with Crippen LogP contribution < -0.4 is 4.74 Å². The Balaban J connectivity index is 0.000000103. The van der Waals surface area contributed by atoms with Gasteiger partial charge in [0.05, 0.1) is 58.0 Å². The van der Waals surface area contributed by atoms with Crippen molar-refractivity contribution in [1.82, 2.24) is 123 Å². The van der Waals surface area contributed by atoms with Crippen molar-refractivity contribution in [2.24, 2.45) is 47.1 Å². The minimum atomic E-state index is 0.105. The first-order valence-electron chi connectivity index (χ1n) is 50.7. The average molecular weight is 1980 g/mol. The summed E-state index contributed by atoms with van der Waals surface area (Å²) in [5.74, 6) is 3.10. The second-order valence-corrected chi connectivity index (χ2v) is 40.5. The van der Waals surface area contributed by atoms with Crippen LogP contribution in [-0.4, -0.2) is 205 Å². The second-order valence-electron chi connectivity index (χ2n) is 40.1. The Hall–Kier alpha value is -15.6. The van der Waals surface area contributed by atoms with Crippen LogP contribution in [0.5, 0.6) is 5.75 Å². The van der Waals surface area contributed by atoms with Crippen LogP contribution in [0.3, 0.4) is 0 Å². The van der Waals surface area contributed by atoms with Crippen LogP contribution in [-0.2, 0) is 155 Å². The van der Waals surface area contributed by atoms with Gasteiger partial charge >= 0.3 is 0 Å². The molecule has 2 aliphatic carbocycles. The van der Waals surface area contributed by atoms with Crippen molar-refractivity contribution in [3.63, 3.8) is 0 Å². The van der Waals surface area contributed by atoms with Crippen molar-refractivity contribution in [3.8, 4) is 84.4 Å². The molecule has 2 fully saturated rings. The molecule has 2 saturated carbocycles. The zero-order valence-corrected chi connectivity index (χ0v) is 86.1. The Kier molecular flexibility index (Phi) is 26.3. The summed E-state index contributed by atoms with van der Waals surface area (Å²) < 4.78 is 19.5. The first-order valence-corrected chi connectivity index (χ1v) is 51.0. The van der Waals surface area contributed by atoms with Gasteiger partial charge in [0.1, 0.15) is 5.75 Å². The highest BCUT2D eigenvalue weighted by molar-refractivity contribution is 6.35. The highest BCUT2D eigenvalue weighted by Crippen LogP contribution is 2.45. The number of H-pyrrole nitrogens is 5. The van der Waals surface area contributed by atoms with E-state index in [1.54, 1.807) is 53.3 Å². The lowest BCUT2D eigenvalue weighted by atomic mass is 9.97. The standard InChI is InChI=1S/C21H24N4O.C20H22N4O.C19H21N5O.C18H20N4O2.C18H20N4O.C17H17ClN4O/c1-13-3-6-16(17-7-9-22-20(13)17)21-18-12-24(14(2)26)10-8-19(18)25(23-21)11-15-4-5-15;1-13(25)23-10-8-19-17(12-23)20(22-24(19)11-14-5-6-14)16-3-2-4-18-15(16)7-9-21-18;1-13(25)24-8-7-18-17(12-24)19(21-23(18)3)15-6-4-5-14(9-15)16-10-20-22(2)11-16;1-11(23)22-7-5-17-15(10-22)18(20-21(17)2)14-8-12(24-3)9-16-13(14)4-6-19-16;1-11-4-5-13(14-6-8-19-17(11)14)18-15-10-22(12(2)23)9-7-16(15)21(3)20-18;1-10(23)22-8-6-15-13(9-22)16(20-21(15)2)11-3-4-14(18)17-12(11)5-7-19-17/h3,6-7,9,15,22H,4-5,8,10-12H2,1-2H3;2-4,7,9,14,21H,5-6,8,10-12H2,1H3;4-6,9-11H,7-8,12H2,1-3H3;4,6,8-9,19H,5,7,10H2,1-3H3;4-6,8,19H,7,9-10H2,1-3H3;3-5,7,19H,6,8-9H2,1-2H3. The van der Waals surface area contributed by atoms with Crippen molar-refractivity contribution in [1.29, 1.82) is 0 Å². The van der Waals surface area contributed by atoms with Crippen LogP contribution in [0.1, 0.15) is 146 Å². The molecule has 26 rings (SSSR count). The van der Waals surface area contributed by atoms with E-state index in [2.05, 4.69) is 138 Å². The van der Waals surface area contributed by atoms with E-state index < -0.39 is 0 Å². The third-order valence-corrected chi connectivity index (χ3v) is 30.9. The number of halogens is 1. The Morgan fingerprint density at radius 3 is 1.11 bits per heavy atom. The number of rotatable bonds is 12. The molecule has 18 heterocycles. The van der Waals surface area contributed by atoms with Gasteiger partial charge in [0.2, 0.25) is 35.4 Å². The fraction of sp³-hybridized carbons (Fsp3) is 0.354. The van der Waals surface area contributed by atoms with Gasteiger partial charge < -0.3 is 59.1 Å². The lowest BCUT2D eigenvalue weighted by Crippen LogP contribution is -2.34. The number of amides is 6. The highest BCUT2D eigenvalue weighted by Gasteiger charge is 2.37. The van der Waals surface area contributed by atoms with Crippen LogP contribution in [0, 0.1) is 25.7 Å². The number of hydrogen-bond donors (Lipinski definition) is 5. The summed E-state index contributed by atoms with van der Waals surface area (Å²) in [5, 5.41) is 39.8. The van der Waals surface area contributed by atoms with Gasteiger partial charge in [0, 0.05) is 406 Å². The number of aromatic nitrogens is 19. The summed E-state index contributed by atoms with van der Waals surface area (Å²) in [6.45, 7) is 24.6. The molecule has 33 heteroatoms. The lowest BCUT2D eigenvalue weighted by molar-refractivity contribution is -0.130. The molecule has 750 valence electrons. The van der Waals surface area contributed by atoms with Crippen molar-refractivity contribution in [2.75, 3.05) is 46.4 Å². The SMILES string of the molecule is CC(=O)N1CCc2c(c(-c3ccc(C)c4[nH]ccc34)nn2C)C1.CC(=O)N1CCc2c(c(-c3ccc(C)c4[nH]ccc34)nn2CC2CC2)C1.CC(=O)N1CCc2c(c(-c3ccc(Cl)c4[nH]ccc34)nn2C)C1.CC(=O)N1CCc2c(c(-c3cccc(-c4cnn(C)c4)c3)nn2C)C1.CC(=O)N1CCc2c(c(-c3cccc4[nH]ccc34)nn2CC2CC2)C1.COc1cc(-c2nn(C)c3c2CN(C(C)=O)CC3)c2cc[nH]c2c1. The number of fused-ring (bicyclic) bond motifs is 11. The van der Waals surface area contributed by atoms with Crippen LogP contribution in [0.25, 0.3) is 133 Å². The molecular formula is C113H124ClN25O7. The molecule has 0 bridgehead atoms. The van der Waals surface area contributed by atoms with Crippen molar-refractivity contribution in [2.45, 2.75) is 172 Å².